The van der Waals surface area contributed by atoms with Crippen LogP contribution in [-0.2, 0) is 0 Å². The molecule has 0 bridgehead atoms. The van der Waals surface area contributed by atoms with Crippen LogP contribution >= 0.6 is 34.5 Å². The quantitative estimate of drug-likeness (QED) is 0.702. The summed E-state index contributed by atoms with van der Waals surface area (Å²) in [5.74, 6) is 0.809. The molecule has 2 nitrogen and oxygen atoms in total. The van der Waals surface area contributed by atoms with Crippen LogP contribution in [0, 0.1) is 0 Å². The van der Waals surface area contributed by atoms with Gasteiger partial charge in [-0.05, 0) is 40.6 Å². The minimum atomic E-state index is -0.784. The molecule has 0 radical (unpaired) electrons. The Balaban J connectivity index is 2.02. The van der Waals surface area contributed by atoms with Crippen LogP contribution in [0.1, 0.15) is 17.2 Å². The van der Waals surface area contributed by atoms with Crippen molar-refractivity contribution in [1.29, 1.82) is 0 Å². The molecule has 0 aliphatic heterocycles. The highest BCUT2D eigenvalue weighted by molar-refractivity contribution is 7.20. The van der Waals surface area contributed by atoms with E-state index >= 15 is 0 Å². The maximum absolute atomic E-state index is 10.5. The maximum atomic E-state index is 10.5. The van der Waals surface area contributed by atoms with Crippen LogP contribution in [0.15, 0.2) is 42.5 Å². The predicted octanol–water partition coefficient (Wildman–Crippen LogP) is 5.30. The molecule has 0 spiro atoms. The molecule has 1 heterocycles. The molecule has 1 N–H and O–H groups in total. The summed E-state index contributed by atoms with van der Waals surface area (Å²) in [7, 11) is 1.64. The first-order valence-corrected chi connectivity index (χ1v) is 7.86. The predicted molar refractivity (Wildman–Crippen MR) is 88.9 cm³/mol. The molecular formula is C16H12Cl2O2S. The number of halogens is 2. The van der Waals surface area contributed by atoms with Crippen molar-refractivity contribution in [3.05, 3.63) is 62.3 Å². The summed E-state index contributed by atoms with van der Waals surface area (Å²) in [5, 5.41) is 12.6. The van der Waals surface area contributed by atoms with E-state index in [1.807, 2.05) is 36.4 Å². The van der Waals surface area contributed by atoms with Crippen molar-refractivity contribution in [1.82, 2.24) is 0 Å². The molecule has 1 atom stereocenters. The van der Waals surface area contributed by atoms with Crippen molar-refractivity contribution >= 4 is 45.3 Å². The Kier molecular flexibility index (Phi) is 4.09. The zero-order valence-electron chi connectivity index (χ0n) is 11.1. The van der Waals surface area contributed by atoms with Gasteiger partial charge in [-0.1, -0.05) is 41.4 Å². The molecule has 3 rings (SSSR count). The summed E-state index contributed by atoms with van der Waals surface area (Å²) in [5.41, 5.74) is 1.42. The molecule has 0 aliphatic rings. The standard InChI is InChI=1S/C16H12Cl2O2S/c1-20-12-5-4-9-6-11(3-2-10(9)7-12)15(19)13-8-14(17)21-16(13)18/h2-8,15,19H,1H3. The van der Waals surface area contributed by atoms with Crippen molar-refractivity contribution in [3.63, 3.8) is 0 Å². The molecule has 1 unspecified atom stereocenters. The lowest BCUT2D eigenvalue weighted by Gasteiger charge is -2.11. The fourth-order valence-electron chi connectivity index (χ4n) is 2.26. The average molecular weight is 339 g/mol. The Hall–Kier alpha value is -1.26. The largest absolute Gasteiger partial charge is 0.497 e. The molecule has 0 aliphatic carbocycles. The number of aliphatic hydroxyl groups excluding tert-OH is 1. The van der Waals surface area contributed by atoms with E-state index in [4.69, 9.17) is 27.9 Å². The third kappa shape index (κ3) is 2.87. The van der Waals surface area contributed by atoms with Crippen molar-refractivity contribution in [2.45, 2.75) is 6.10 Å². The Bertz CT molecular complexity index is 798. The van der Waals surface area contributed by atoms with Crippen molar-refractivity contribution in [3.8, 4) is 5.75 Å². The number of hydrogen-bond acceptors (Lipinski definition) is 3. The van der Waals surface area contributed by atoms with Crippen molar-refractivity contribution < 1.29 is 9.84 Å². The van der Waals surface area contributed by atoms with Crippen molar-refractivity contribution in [2.24, 2.45) is 0 Å². The summed E-state index contributed by atoms with van der Waals surface area (Å²) in [4.78, 5) is 0. The molecule has 0 amide bonds. The summed E-state index contributed by atoms with van der Waals surface area (Å²) >= 11 is 13.3. The van der Waals surface area contributed by atoms with Crippen LogP contribution in [0.5, 0.6) is 5.75 Å². The summed E-state index contributed by atoms with van der Waals surface area (Å²) in [6, 6.07) is 13.3. The van der Waals surface area contributed by atoms with E-state index in [-0.39, 0.29) is 0 Å². The fourth-order valence-corrected chi connectivity index (χ4v) is 3.78. The van der Waals surface area contributed by atoms with Gasteiger partial charge in [-0.2, -0.15) is 0 Å². The van der Waals surface area contributed by atoms with Gasteiger partial charge in [0.25, 0.3) is 0 Å². The lowest BCUT2D eigenvalue weighted by Crippen LogP contribution is -1.98. The monoisotopic (exact) mass is 338 g/mol. The number of thiophene rings is 1. The molecular weight excluding hydrogens is 327 g/mol. The van der Waals surface area contributed by atoms with Crippen LogP contribution in [-0.4, -0.2) is 12.2 Å². The Labute approximate surface area is 136 Å². The second-order valence-corrected chi connectivity index (χ2v) is 6.94. The molecule has 108 valence electrons. The highest BCUT2D eigenvalue weighted by Crippen LogP contribution is 2.38. The first-order chi connectivity index (χ1) is 10.1. The zero-order valence-corrected chi connectivity index (χ0v) is 13.5. The number of fused-ring (bicyclic) bond motifs is 1. The van der Waals surface area contributed by atoms with Gasteiger partial charge in [-0.15, -0.1) is 11.3 Å². The van der Waals surface area contributed by atoms with Gasteiger partial charge in [0, 0.05) is 5.56 Å². The lowest BCUT2D eigenvalue weighted by molar-refractivity contribution is 0.221. The minimum Gasteiger partial charge on any atom is -0.497 e. The van der Waals surface area contributed by atoms with Crippen LogP contribution in [0.2, 0.25) is 8.67 Å². The molecule has 1 aromatic heterocycles. The number of methoxy groups -OCH3 is 1. The van der Waals surface area contributed by atoms with Crippen LogP contribution in [0.25, 0.3) is 10.8 Å². The van der Waals surface area contributed by atoms with Gasteiger partial charge < -0.3 is 9.84 Å². The molecule has 21 heavy (non-hydrogen) atoms. The second kappa shape index (κ2) is 5.85. The normalized spacial score (nSPS) is 12.6. The van der Waals surface area contributed by atoms with Gasteiger partial charge in [-0.3, -0.25) is 0 Å². The minimum absolute atomic E-state index is 0.516. The Morgan fingerprint density at radius 3 is 2.43 bits per heavy atom. The van der Waals surface area contributed by atoms with E-state index in [0.29, 0.717) is 14.2 Å². The SMILES string of the molecule is COc1ccc2cc(C(O)c3cc(Cl)sc3Cl)ccc2c1. The van der Waals surface area contributed by atoms with Gasteiger partial charge in [0.2, 0.25) is 0 Å². The third-order valence-corrected chi connectivity index (χ3v) is 4.88. The number of rotatable bonds is 3. The van der Waals surface area contributed by atoms with Gasteiger partial charge in [0.15, 0.2) is 0 Å². The summed E-state index contributed by atoms with van der Waals surface area (Å²) < 4.78 is 6.29. The topological polar surface area (TPSA) is 29.5 Å². The molecule has 2 aromatic carbocycles. The highest BCUT2D eigenvalue weighted by Gasteiger charge is 2.17. The molecule has 0 saturated carbocycles. The van der Waals surface area contributed by atoms with Gasteiger partial charge >= 0.3 is 0 Å². The second-order valence-electron chi connectivity index (χ2n) is 4.65. The molecule has 5 heteroatoms. The van der Waals surface area contributed by atoms with E-state index in [2.05, 4.69) is 0 Å². The average Bonchev–Trinajstić information content (AvgIpc) is 2.84. The first-order valence-electron chi connectivity index (χ1n) is 6.29. The van der Waals surface area contributed by atoms with Gasteiger partial charge in [-0.25, -0.2) is 0 Å². The van der Waals surface area contributed by atoms with E-state index in [1.54, 1.807) is 13.2 Å². The number of aliphatic hydroxyl groups is 1. The molecule has 0 fully saturated rings. The first kappa shape index (κ1) is 14.7. The lowest BCUT2D eigenvalue weighted by atomic mass is 10.0. The highest BCUT2D eigenvalue weighted by atomic mass is 35.5. The fraction of sp³-hybridized carbons (Fsp3) is 0.125. The molecule has 3 aromatic rings. The summed E-state index contributed by atoms with van der Waals surface area (Å²) in [6.07, 6.45) is -0.784. The van der Waals surface area contributed by atoms with Crippen molar-refractivity contribution in [2.75, 3.05) is 7.11 Å². The summed E-state index contributed by atoms with van der Waals surface area (Å²) in [6.45, 7) is 0. The number of hydrogen-bond donors (Lipinski definition) is 1. The van der Waals surface area contributed by atoms with Crippen LogP contribution in [0.4, 0.5) is 0 Å². The van der Waals surface area contributed by atoms with E-state index in [0.717, 1.165) is 22.1 Å². The van der Waals surface area contributed by atoms with Gasteiger partial charge in [0.1, 0.15) is 16.2 Å². The zero-order chi connectivity index (χ0) is 15.0. The van der Waals surface area contributed by atoms with Crippen LogP contribution < -0.4 is 4.74 Å². The Morgan fingerprint density at radius 1 is 1.05 bits per heavy atom. The van der Waals surface area contributed by atoms with E-state index < -0.39 is 6.10 Å². The number of benzene rings is 2. The Morgan fingerprint density at radius 2 is 1.76 bits per heavy atom. The number of ether oxygens (including phenoxy) is 1. The van der Waals surface area contributed by atoms with E-state index in [9.17, 15) is 5.11 Å². The third-order valence-electron chi connectivity index (χ3n) is 3.36. The molecule has 0 saturated heterocycles. The maximum Gasteiger partial charge on any atom is 0.119 e. The van der Waals surface area contributed by atoms with Crippen LogP contribution in [0.3, 0.4) is 0 Å². The smallest absolute Gasteiger partial charge is 0.119 e. The van der Waals surface area contributed by atoms with Gasteiger partial charge in [0.05, 0.1) is 11.4 Å². The van der Waals surface area contributed by atoms with E-state index in [1.165, 1.54) is 11.3 Å².